The Morgan fingerprint density at radius 3 is 2.50 bits per heavy atom. The summed E-state index contributed by atoms with van der Waals surface area (Å²) in [7, 11) is 0. The van der Waals surface area contributed by atoms with E-state index in [1.165, 1.54) is 11.3 Å². The summed E-state index contributed by atoms with van der Waals surface area (Å²) in [6.07, 6.45) is 4.78. The normalized spacial score (nSPS) is 18.8. The van der Waals surface area contributed by atoms with Crippen LogP contribution in [0, 0.1) is 11.8 Å². The zero-order valence-electron chi connectivity index (χ0n) is 16.3. The van der Waals surface area contributed by atoms with E-state index in [1.54, 1.807) is 10.9 Å². The van der Waals surface area contributed by atoms with Gasteiger partial charge in [0.15, 0.2) is 0 Å². The summed E-state index contributed by atoms with van der Waals surface area (Å²) in [6.45, 7) is 0.551. The van der Waals surface area contributed by atoms with Gasteiger partial charge in [-0.3, -0.25) is 9.59 Å². The average molecular weight is 488 g/mol. The number of rotatable bonds is 6. The van der Waals surface area contributed by atoms with Crippen LogP contribution in [0.3, 0.4) is 0 Å². The molecule has 0 spiro atoms. The Kier molecular flexibility index (Phi) is 6.34. The summed E-state index contributed by atoms with van der Waals surface area (Å²) >= 11 is 5.02. The van der Waals surface area contributed by atoms with E-state index < -0.39 is 5.97 Å². The zero-order valence-corrected chi connectivity index (χ0v) is 18.7. The first-order valence-corrected chi connectivity index (χ1v) is 11.5. The number of hydrogen-bond donors (Lipinski definition) is 2. The first kappa shape index (κ1) is 20.8. The summed E-state index contributed by atoms with van der Waals surface area (Å²) in [5.41, 5.74) is 2.08. The summed E-state index contributed by atoms with van der Waals surface area (Å²) in [5.74, 6) is -0.799. The maximum atomic E-state index is 13.0. The average Bonchev–Trinajstić information content (AvgIpc) is 3.39. The van der Waals surface area contributed by atoms with Gasteiger partial charge in [-0.1, -0.05) is 18.2 Å². The largest absolute Gasteiger partial charge is 0.481 e. The van der Waals surface area contributed by atoms with Crippen molar-refractivity contribution in [1.29, 1.82) is 0 Å². The highest BCUT2D eigenvalue weighted by Crippen LogP contribution is 2.33. The van der Waals surface area contributed by atoms with Crippen LogP contribution < -0.4 is 5.32 Å². The number of halogens is 1. The number of hydrogen-bond acceptors (Lipinski definition) is 4. The number of para-hydroxylation sites is 1. The molecule has 1 aliphatic rings. The predicted octanol–water partition coefficient (Wildman–Crippen LogP) is 4.98. The first-order valence-electron chi connectivity index (χ1n) is 9.93. The minimum absolute atomic E-state index is 0.155. The predicted molar refractivity (Wildman–Crippen MR) is 120 cm³/mol. The van der Waals surface area contributed by atoms with Crippen LogP contribution in [-0.4, -0.2) is 33.3 Å². The molecule has 0 aliphatic heterocycles. The Balaban J connectivity index is 1.51. The van der Waals surface area contributed by atoms with Gasteiger partial charge in [-0.25, -0.2) is 4.68 Å². The minimum Gasteiger partial charge on any atom is -0.481 e. The molecule has 2 N–H and O–H groups in total. The standard InChI is InChI=1S/C22H22BrN3O3S/c23-19-11-10-18(30-19)20-17(13-26(25-20)16-4-2-1-3-5-16)21(27)24-12-14-6-8-15(9-7-14)22(28)29/h1-5,10-11,13-15H,6-9,12H2,(H,24,27)(H,28,29). The minimum atomic E-state index is -0.711. The van der Waals surface area contributed by atoms with Crippen LogP contribution in [0.4, 0.5) is 0 Å². The number of carbonyl (C=O) groups is 2. The third-order valence-corrected chi connectivity index (χ3v) is 7.16. The Morgan fingerprint density at radius 2 is 1.87 bits per heavy atom. The van der Waals surface area contributed by atoms with E-state index in [-0.39, 0.29) is 11.8 Å². The lowest BCUT2D eigenvalue weighted by Crippen LogP contribution is -2.32. The maximum Gasteiger partial charge on any atom is 0.306 e. The monoisotopic (exact) mass is 487 g/mol. The van der Waals surface area contributed by atoms with Crippen LogP contribution in [0.1, 0.15) is 36.0 Å². The van der Waals surface area contributed by atoms with Gasteiger partial charge in [-0.15, -0.1) is 11.3 Å². The van der Waals surface area contributed by atoms with E-state index >= 15 is 0 Å². The molecule has 2 heterocycles. The molecular weight excluding hydrogens is 466 g/mol. The van der Waals surface area contributed by atoms with Crippen molar-refractivity contribution in [2.45, 2.75) is 25.7 Å². The van der Waals surface area contributed by atoms with Crippen molar-refractivity contribution in [3.8, 4) is 16.3 Å². The van der Waals surface area contributed by atoms with Crippen molar-refractivity contribution >= 4 is 39.1 Å². The summed E-state index contributed by atoms with van der Waals surface area (Å²) in [6, 6.07) is 13.6. The lowest BCUT2D eigenvalue weighted by Gasteiger charge is -2.26. The van der Waals surface area contributed by atoms with E-state index in [2.05, 4.69) is 26.3 Å². The van der Waals surface area contributed by atoms with E-state index in [0.29, 0.717) is 36.6 Å². The molecule has 0 unspecified atom stereocenters. The molecule has 0 atom stereocenters. The van der Waals surface area contributed by atoms with E-state index in [0.717, 1.165) is 27.2 Å². The number of thiophene rings is 1. The topological polar surface area (TPSA) is 84.2 Å². The van der Waals surface area contributed by atoms with E-state index in [4.69, 9.17) is 5.11 Å². The van der Waals surface area contributed by atoms with Crippen molar-refractivity contribution in [2.24, 2.45) is 11.8 Å². The number of nitrogens with zero attached hydrogens (tertiary/aromatic N) is 2. The molecular formula is C22H22BrN3O3S. The first-order chi connectivity index (χ1) is 14.5. The van der Waals surface area contributed by atoms with Crippen molar-refractivity contribution in [2.75, 3.05) is 6.54 Å². The van der Waals surface area contributed by atoms with Crippen LogP contribution in [0.15, 0.2) is 52.4 Å². The number of carboxylic acid groups (broad SMARTS) is 1. The van der Waals surface area contributed by atoms with Crippen LogP contribution in [-0.2, 0) is 4.79 Å². The van der Waals surface area contributed by atoms with Crippen LogP contribution >= 0.6 is 27.3 Å². The Morgan fingerprint density at radius 1 is 1.13 bits per heavy atom. The number of aliphatic carboxylic acids is 1. The third kappa shape index (κ3) is 4.65. The second kappa shape index (κ2) is 9.14. The highest BCUT2D eigenvalue weighted by molar-refractivity contribution is 9.11. The second-order valence-corrected chi connectivity index (χ2v) is 10.0. The fraction of sp³-hybridized carbons (Fsp3) is 0.318. The fourth-order valence-electron chi connectivity index (χ4n) is 3.82. The smallest absolute Gasteiger partial charge is 0.306 e. The van der Waals surface area contributed by atoms with Crippen LogP contribution in [0.25, 0.3) is 16.3 Å². The molecule has 0 radical (unpaired) electrons. The van der Waals surface area contributed by atoms with Gasteiger partial charge in [0.25, 0.3) is 5.91 Å². The van der Waals surface area contributed by atoms with Crippen molar-refractivity contribution in [1.82, 2.24) is 15.1 Å². The van der Waals surface area contributed by atoms with Gasteiger partial charge in [-0.2, -0.15) is 5.10 Å². The molecule has 1 saturated carbocycles. The van der Waals surface area contributed by atoms with Gasteiger partial charge in [0.1, 0.15) is 5.69 Å². The lowest BCUT2D eigenvalue weighted by atomic mass is 9.82. The fourth-order valence-corrected chi connectivity index (χ4v) is 5.21. The molecule has 8 heteroatoms. The molecule has 6 nitrogen and oxygen atoms in total. The van der Waals surface area contributed by atoms with Crippen LogP contribution in [0.2, 0.25) is 0 Å². The SMILES string of the molecule is O=C(NCC1CCC(C(=O)O)CC1)c1cn(-c2ccccc2)nc1-c1ccc(Br)s1. The number of nitrogens with one attached hydrogen (secondary N) is 1. The van der Waals surface area contributed by atoms with Gasteiger partial charge in [0.2, 0.25) is 0 Å². The highest BCUT2D eigenvalue weighted by Gasteiger charge is 2.27. The van der Waals surface area contributed by atoms with Gasteiger partial charge in [0, 0.05) is 12.7 Å². The lowest BCUT2D eigenvalue weighted by molar-refractivity contribution is -0.143. The summed E-state index contributed by atoms with van der Waals surface area (Å²) in [5, 5.41) is 16.9. The summed E-state index contributed by atoms with van der Waals surface area (Å²) < 4.78 is 2.71. The van der Waals surface area contributed by atoms with E-state index in [1.807, 2.05) is 42.5 Å². The second-order valence-electron chi connectivity index (χ2n) is 7.54. The molecule has 30 heavy (non-hydrogen) atoms. The molecule has 1 fully saturated rings. The van der Waals surface area contributed by atoms with Gasteiger partial charge >= 0.3 is 5.97 Å². The maximum absolute atomic E-state index is 13.0. The molecule has 1 aliphatic carbocycles. The number of amides is 1. The van der Waals surface area contributed by atoms with Crippen LogP contribution in [0.5, 0.6) is 0 Å². The van der Waals surface area contributed by atoms with Gasteiger partial charge in [-0.05, 0) is 71.8 Å². The van der Waals surface area contributed by atoms with Gasteiger partial charge in [0.05, 0.1) is 25.8 Å². The molecule has 2 aromatic heterocycles. The Hall–Kier alpha value is -2.45. The number of carbonyl (C=O) groups excluding carboxylic acids is 1. The number of aromatic nitrogens is 2. The Labute approximate surface area is 187 Å². The molecule has 1 amide bonds. The summed E-state index contributed by atoms with van der Waals surface area (Å²) in [4.78, 5) is 25.1. The highest BCUT2D eigenvalue weighted by atomic mass is 79.9. The van der Waals surface area contributed by atoms with Crippen molar-refractivity contribution < 1.29 is 14.7 Å². The molecule has 4 rings (SSSR count). The van der Waals surface area contributed by atoms with Gasteiger partial charge < -0.3 is 10.4 Å². The molecule has 0 bridgehead atoms. The van der Waals surface area contributed by atoms with E-state index in [9.17, 15) is 9.59 Å². The molecule has 156 valence electrons. The van der Waals surface area contributed by atoms with Crippen molar-refractivity contribution in [3.63, 3.8) is 0 Å². The molecule has 3 aromatic rings. The Bertz CT molecular complexity index is 1040. The quantitative estimate of drug-likeness (QED) is 0.513. The molecule has 1 aromatic carbocycles. The third-order valence-electron chi connectivity index (χ3n) is 5.53. The number of benzene rings is 1. The number of carboxylic acids is 1. The van der Waals surface area contributed by atoms with Crippen molar-refractivity contribution in [3.05, 3.63) is 58.0 Å². The zero-order chi connectivity index (χ0) is 21.1. The molecule has 0 saturated heterocycles.